The third-order valence-corrected chi connectivity index (χ3v) is 2.22. The van der Waals surface area contributed by atoms with Gasteiger partial charge in [-0.15, -0.1) is 0 Å². The molecule has 18 heavy (non-hydrogen) atoms. The van der Waals surface area contributed by atoms with Crippen LogP contribution in [0.1, 0.15) is 10.4 Å². The van der Waals surface area contributed by atoms with E-state index < -0.39 is 17.6 Å². The molecule has 92 valence electrons. The Kier molecular flexibility index (Phi) is 3.23. The molecule has 1 N–H and O–H groups in total. The minimum Gasteiger partial charge on any atom is -0.478 e. The van der Waals surface area contributed by atoms with Gasteiger partial charge in [0.05, 0.1) is 5.56 Å². The molecule has 0 fully saturated rings. The fraction of sp³-hybridized carbons (Fsp3) is 0. The molecule has 0 aliphatic carbocycles. The van der Waals surface area contributed by atoms with Gasteiger partial charge in [0.25, 0.3) is 0 Å². The summed E-state index contributed by atoms with van der Waals surface area (Å²) in [7, 11) is 0. The molecule has 0 atom stereocenters. The molecule has 2 aromatic carbocycles. The molecule has 0 saturated carbocycles. The highest BCUT2D eigenvalue weighted by Crippen LogP contribution is 2.25. The highest BCUT2D eigenvalue weighted by Gasteiger charge is 2.09. The zero-order valence-corrected chi connectivity index (χ0v) is 9.06. The van der Waals surface area contributed by atoms with Crippen molar-refractivity contribution in [2.24, 2.45) is 0 Å². The van der Waals surface area contributed by atoms with Crippen molar-refractivity contribution in [3.05, 3.63) is 59.7 Å². The van der Waals surface area contributed by atoms with Gasteiger partial charge in [0.15, 0.2) is 11.6 Å². The van der Waals surface area contributed by atoms with Crippen LogP contribution >= 0.6 is 0 Å². The molecule has 0 radical (unpaired) electrons. The van der Waals surface area contributed by atoms with Crippen LogP contribution in [0.5, 0.6) is 11.5 Å². The fourth-order valence-electron chi connectivity index (χ4n) is 1.35. The highest BCUT2D eigenvalue weighted by molar-refractivity contribution is 5.87. The van der Waals surface area contributed by atoms with Crippen molar-refractivity contribution in [2.75, 3.05) is 0 Å². The predicted octanol–water partition coefficient (Wildman–Crippen LogP) is 3.46. The molecule has 0 aromatic heterocycles. The topological polar surface area (TPSA) is 46.5 Å². The average molecular weight is 250 g/mol. The van der Waals surface area contributed by atoms with Crippen molar-refractivity contribution in [3.63, 3.8) is 0 Å². The van der Waals surface area contributed by atoms with Crippen molar-refractivity contribution in [2.45, 2.75) is 0 Å². The van der Waals surface area contributed by atoms with E-state index in [0.717, 1.165) is 6.07 Å². The van der Waals surface area contributed by atoms with Gasteiger partial charge in [-0.3, -0.25) is 0 Å². The van der Waals surface area contributed by atoms with E-state index in [1.807, 2.05) is 0 Å². The fourth-order valence-corrected chi connectivity index (χ4v) is 1.35. The standard InChI is InChI=1S/C13H8F2O3/c14-9-2-4-10(5-3-9)18-12-6-1-8(13(16)17)7-11(12)15/h1-7H,(H,16,17). The van der Waals surface area contributed by atoms with E-state index in [2.05, 4.69) is 0 Å². The van der Waals surface area contributed by atoms with E-state index in [1.165, 1.54) is 36.4 Å². The lowest BCUT2D eigenvalue weighted by Crippen LogP contribution is -1.98. The molecular weight excluding hydrogens is 242 g/mol. The summed E-state index contributed by atoms with van der Waals surface area (Å²) in [4.78, 5) is 10.6. The Morgan fingerprint density at radius 2 is 1.72 bits per heavy atom. The number of hydrogen-bond donors (Lipinski definition) is 1. The third kappa shape index (κ3) is 2.63. The largest absolute Gasteiger partial charge is 0.478 e. The summed E-state index contributed by atoms with van der Waals surface area (Å²) in [5.41, 5.74) is -0.168. The molecule has 0 bridgehead atoms. The first-order valence-electron chi connectivity index (χ1n) is 5.02. The number of benzene rings is 2. The Morgan fingerprint density at radius 3 is 2.28 bits per heavy atom. The summed E-state index contributed by atoms with van der Waals surface area (Å²) in [6, 6.07) is 8.35. The van der Waals surface area contributed by atoms with Gasteiger partial charge in [-0.1, -0.05) is 0 Å². The van der Waals surface area contributed by atoms with Gasteiger partial charge in [0.1, 0.15) is 11.6 Å². The Balaban J connectivity index is 2.24. The number of rotatable bonds is 3. The normalized spacial score (nSPS) is 10.1. The summed E-state index contributed by atoms with van der Waals surface area (Å²) >= 11 is 0. The number of ether oxygens (including phenoxy) is 1. The minimum absolute atomic E-state index is 0.119. The van der Waals surface area contributed by atoms with Gasteiger partial charge in [-0.25, -0.2) is 13.6 Å². The first-order valence-corrected chi connectivity index (χ1v) is 5.02. The van der Waals surface area contributed by atoms with Gasteiger partial charge in [0, 0.05) is 0 Å². The van der Waals surface area contributed by atoms with Crippen molar-refractivity contribution in [1.29, 1.82) is 0 Å². The highest BCUT2D eigenvalue weighted by atomic mass is 19.1. The SMILES string of the molecule is O=C(O)c1ccc(Oc2ccc(F)cc2)c(F)c1. The summed E-state index contributed by atoms with van der Waals surface area (Å²) in [5, 5.41) is 8.67. The quantitative estimate of drug-likeness (QED) is 0.907. The Bertz CT molecular complexity index is 579. The molecular formula is C13H8F2O3. The van der Waals surface area contributed by atoms with Crippen LogP contribution in [-0.2, 0) is 0 Å². The zero-order valence-electron chi connectivity index (χ0n) is 9.06. The molecule has 2 aromatic rings. The van der Waals surface area contributed by atoms with E-state index >= 15 is 0 Å². The van der Waals surface area contributed by atoms with E-state index in [-0.39, 0.29) is 17.1 Å². The maximum Gasteiger partial charge on any atom is 0.335 e. The van der Waals surface area contributed by atoms with Crippen molar-refractivity contribution in [3.8, 4) is 11.5 Å². The van der Waals surface area contributed by atoms with E-state index in [0.29, 0.717) is 0 Å². The number of carboxylic acid groups (broad SMARTS) is 1. The van der Waals surface area contributed by atoms with E-state index in [4.69, 9.17) is 9.84 Å². The van der Waals surface area contributed by atoms with Crippen LogP contribution in [0.2, 0.25) is 0 Å². The van der Waals surface area contributed by atoms with E-state index in [1.54, 1.807) is 0 Å². The molecule has 0 heterocycles. The van der Waals surface area contributed by atoms with Crippen LogP contribution < -0.4 is 4.74 Å². The molecule has 5 heteroatoms. The Hall–Kier alpha value is -2.43. The second-order valence-electron chi connectivity index (χ2n) is 3.51. The number of carbonyl (C=O) groups is 1. The Morgan fingerprint density at radius 1 is 1.06 bits per heavy atom. The number of carboxylic acids is 1. The molecule has 0 aliphatic heterocycles. The lowest BCUT2D eigenvalue weighted by atomic mass is 10.2. The molecule has 0 amide bonds. The minimum atomic E-state index is -1.22. The van der Waals surface area contributed by atoms with Gasteiger partial charge in [-0.05, 0) is 42.5 Å². The molecule has 0 aliphatic rings. The van der Waals surface area contributed by atoms with Gasteiger partial charge >= 0.3 is 5.97 Å². The number of hydrogen-bond acceptors (Lipinski definition) is 2. The van der Waals surface area contributed by atoms with Crippen LogP contribution in [0.15, 0.2) is 42.5 Å². The molecule has 3 nitrogen and oxygen atoms in total. The summed E-state index contributed by atoms with van der Waals surface area (Å²) in [6.07, 6.45) is 0. The van der Waals surface area contributed by atoms with E-state index in [9.17, 15) is 13.6 Å². The maximum atomic E-state index is 13.5. The monoisotopic (exact) mass is 250 g/mol. The predicted molar refractivity (Wildman–Crippen MR) is 59.8 cm³/mol. The second-order valence-corrected chi connectivity index (χ2v) is 3.51. The zero-order chi connectivity index (χ0) is 13.1. The summed E-state index contributed by atoms with van der Waals surface area (Å²) in [5.74, 6) is -2.30. The molecule has 2 rings (SSSR count). The first-order chi connectivity index (χ1) is 8.56. The van der Waals surface area contributed by atoms with Crippen LogP contribution in [-0.4, -0.2) is 11.1 Å². The summed E-state index contributed by atoms with van der Waals surface area (Å²) in [6.45, 7) is 0. The summed E-state index contributed by atoms with van der Waals surface area (Å²) < 4.78 is 31.3. The van der Waals surface area contributed by atoms with Crippen molar-refractivity contribution < 1.29 is 23.4 Å². The smallest absolute Gasteiger partial charge is 0.335 e. The number of aromatic carboxylic acids is 1. The molecule has 0 saturated heterocycles. The van der Waals surface area contributed by atoms with Crippen molar-refractivity contribution >= 4 is 5.97 Å². The van der Waals surface area contributed by atoms with Crippen LogP contribution in [0.3, 0.4) is 0 Å². The van der Waals surface area contributed by atoms with Crippen LogP contribution in [0.4, 0.5) is 8.78 Å². The molecule has 0 spiro atoms. The van der Waals surface area contributed by atoms with Crippen molar-refractivity contribution in [1.82, 2.24) is 0 Å². The maximum absolute atomic E-state index is 13.5. The average Bonchev–Trinajstić information content (AvgIpc) is 2.34. The number of halogens is 2. The lowest BCUT2D eigenvalue weighted by Gasteiger charge is -2.07. The molecule has 0 unspecified atom stereocenters. The lowest BCUT2D eigenvalue weighted by molar-refractivity contribution is 0.0696. The third-order valence-electron chi connectivity index (χ3n) is 2.22. The van der Waals surface area contributed by atoms with Crippen LogP contribution in [0, 0.1) is 11.6 Å². The first kappa shape index (κ1) is 12.0. The Labute approximate surface area is 101 Å². The van der Waals surface area contributed by atoms with Crippen LogP contribution in [0.25, 0.3) is 0 Å². The van der Waals surface area contributed by atoms with Gasteiger partial charge < -0.3 is 9.84 Å². The van der Waals surface area contributed by atoms with Gasteiger partial charge in [-0.2, -0.15) is 0 Å². The second kappa shape index (κ2) is 4.83. The van der Waals surface area contributed by atoms with Gasteiger partial charge in [0.2, 0.25) is 0 Å².